The molecule has 6 nitrogen and oxygen atoms in total. The van der Waals surface area contributed by atoms with Gasteiger partial charge in [-0.25, -0.2) is 9.78 Å². The zero-order valence-corrected chi connectivity index (χ0v) is 12.7. The van der Waals surface area contributed by atoms with Crippen LogP contribution in [0.25, 0.3) is 10.2 Å². The Morgan fingerprint density at radius 3 is 2.86 bits per heavy atom. The van der Waals surface area contributed by atoms with Crippen LogP contribution in [-0.4, -0.2) is 23.1 Å². The van der Waals surface area contributed by atoms with Crippen molar-refractivity contribution in [2.24, 2.45) is 0 Å². The third-order valence-electron chi connectivity index (χ3n) is 3.02. The Morgan fingerprint density at radius 2 is 2.09 bits per heavy atom. The number of urea groups is 1. The first-order valence-electron chi connectivity index (χ1n) is 6.63. The number of nitrogens with one attached hydrogen (secondary N) is 2. The zero-order valence-electron chi connectivity index (χ0n) is 11.9. The van der Waals surface area contributed by atoms with Crippen molar-refractivity contribution >= 4 is 32.7 Å². The van der Waals surface area contributed by atoms with Gasteiger partial charge < -0.3 is 10.1 Å². The van der Waals surface area contributed by atoms with Gasteiger partial charge in [0, 0.05) is 18.9 Å². The number of carbonyl (C=O) groups is 1. The maximum absolute atomic E-state index is 11.9. The fourth-order valence-corrected chi connectivity index (χ4v) is 2.80. The molecule has 0 aliphatic rings. The van der Waals surface area contributed by atoms with Crippen LogP contribution < -0.4 is 15.4 Å². The molecule has 22 heavy (non-hydrogen) atoms. The fourth-order valence-electron chi connectivity index (χ4n) is 1.91. The summed E-state index contributed by atoms with van der Waals surface area (Å²) in [4.78, 5) is 20.2. The molecule has 112 valence electrons. The van der Waals surface area contributed by atoms with Crippen molar-refractivity contribution in [3.05, 3.63) is 48.3 Å². The van der Waals surface area contributed by atoms with Crippen molar-refractivity contribution < 1.29 is 9.53 Å². The number of hydrogen-bond acceptors (Lipinski definition) is 5. The molecule has 0 spiro atoms. The van der Waals surface area contributed by atoms with Gasteiger partial charge in [0.1, 0.15) is 5.75 Å². The Balaban J connectivity index is 1.63. The smallest absolute Gasteiger partial charge is 0.321 e. The number of fused-ring (bicyclic) bond motifs is 1. The molecule has 0 atom stereocenters. The highest BCUT2D eigenvalue weighted by Gasteiger charge is 2.08. The van der Waals surface area contributed by atoms with Gasteiger partial charge in [-0.3, -0.25) is 10.3 Å². The lowest BCUT2D eigenvalue weighted by atomic mass is 10.3. The van der Waals surface area contributed by atoms with Crippen molar-refractivity contribution in [2.75, 3.05) is 12.4 Å². The van der Waals surface area contributed by atoms with Crippen LogP contribution in [0.2, 0.25) is 0 Å². The van der Waals surface area contributed by atoms with E-state index in [1.165, 1.54) is 11.3 Å². The van der Waals surface area contributed by atoms with Crippen molar-refractivity contribution in [1.29, 1.82) is 0 Å². The third-order valence-corrected chi connectivity index (χ3v) is 3.95. The number of nitrogens with zero attached hydrogens (tertiary/aromatic N) is 2. The summed E-state index contributed by atoms with van der Waals surface area (Å²) in [6, 6.07) is 9.02. The lowest BCUT2D eigenvalue weighted by molar-refractivity contribution is 0.251. The SMILES string of the molecule is COc1ccc2nc(NC(=O)NCc3ccncc3)sc2c1. The second-order valence-corrected chi connectivity index (χ2v) is 5.55. The molecule has 3 aromatic rings. The van der Waals surface area contributed by atoms with Gasteiger partial charge in [-0.2, -0.15) is 0 Å². The van der Waals surface area contributed by atoms with Gasteiger partial charge in [0.05, 0.1) is 17.3 Å². The summed E-state index contributed by atoms with van der Waals surface area (Å²) in [5.74, 6) is 0.768. The van der Waals surface area contributed by atoms with Gasteiger partial charge in [-0.05, 0) is 35.9 Å². The molecule has 0 radical (unpaired) electrons. The number of anilines is 1. The van der Waals surface area contributed by atoms with Crippen LogP contribution in [0.5, 0.6) is 5.75 Å². The van der Waals surface area contributed by atoms with Crippen LogP contribution in [-0.2, 0) is 6.54 Å². The van der Waals surface area contributed by atoms with E-state index >= 15 is 0 Å². The van der Waals surface area contributed by atoms with E-state index in [1.807, 2.05) is 30.3 Å². The number of thiazole rings is 1. The van der Waals surface area contributed by atoms with Gasteiger partial charge in [0.15, 0.2) is 5.13 Å². The lowest BCUT2D eigenvalue weighted by Gasteiger charge is -2.04. The predicted molar refractivity (Wildman–Crippen MR) is 86.3 cm³/mol. The molecule has 0 saturated carbocycles. The normalized spacial score (nSPS) is 10.4. The fraction of sp³-hybridized carbons (Fsp3) is 0.133. The molecule has 0 aliphatic heterocycles. The Hall–Kier alpha value is -2.67. The van der Waals surface area contributed by atoms with E-state index in [1.54, 1.807) is 19.5 Å². The van der Waals surface area contributed by atoms with E-state index in [0.717, 1.165) is 21.5 Å². The van der Waals surface area contributed by atoms with Crippen molar-refractivity contribution in [1.82, 2.24) is 15.3 Å². The van der Waals surface area contributed by atoms with E-state index in [4.69, 9.17) is 4.74 Å². The van der Waals surface area contributed by atoms with E-state index in [0.29, 0.717) is 11.7 Å². The molecule has 1 aromatic carbocycles. The number of benzene rings is 1. The maximum atomic E-state index is 11.9. The molecule has 2 N–H and O–H groups in total. The number of rotatable bonds is 4. The van der Waals surface area contributed by atoms with E-state index in [-0.39, 0.29) is 6.03 Å². The van der Waals surface area contributed by atoms with Gasteiger partial charge in [-0.15, -0.1) is 0 Å². The zero-order chi connectivity index (χ0) is 15.4. The molecule has 0 saturated heterocycles. The molecular weight excluding hydrogens is 300 g/mol. The van der Waals surface area contributed by atoms with Crippen LogP contribution in [0.3, 0.4) is 0 Å². The summed E-state index contributed by atoms with van der Waals surface area (Å²) >= 11 is 1.40. The van der Waals surface area contributed by atoms with Gasteiger partial charge in [-0.1, -0.05) is 11.3 Å². The number of carbonyl (C=O) groups excluding carboxylic acids is 1. The monoisotopic (exact) mass is 314 g/mol. The Kier molecular flexibility index (Phi) is 4.15. The quantitative estimate of drug-likeness (QED) is 0.776. The van der Waals surface area contributed by atoms with Crippen molar-refractivity contribution in [2.45, 2.75) is 6.54 Å². The highest BCUT2D eigenvalue weighted by Crippen LogP contribution is 2.28. The summed E-state index contributed by atoms with van der Waals surface area (Å²) in [7, 11) is 1.62. The van der Waals surface area contributed by atoms with Crippen LogP contribution in [0, 0.1) is 0 Å². The molecule has 2 heterocycles. The number of ether oxygens (including phenoxy) is 1. The minimum Gasteiger partial charge on any atom is -0.497 e. The van der Waals surface area contributed by atoms with Gasteiger partial charge in [0.25, 0.3) is 0 Å². The summed E-state index contributed by atoms with van der Waals surface area (Å²) in [5.41, 5.74) is 1.81. The number of methoxy groups -OCH3 is 1. The summed E-state index contributed by atoms with van der Waals surface area (Å²) in [6.45, 7) is 0.438. The van der Waals surface area contributed by atoms with Crippen LogP contribution in [0.1, 0.15) is 5.56 Å². The molecule has 0 bridgehead atoms. The standard InChI is InChI=1S/C15H14N4O2S/c1-21-11-2-3-12-13(8-11)22-15(18-12)19-14(20)17-9-10-4-6-16-7-5-10/h2-8H,9H2,1H3,(H2,17,18,19,20). The first-order chi connectivity index (χ1) is 10.7. The Labute approximate surface area is 131 Å². The Bertz CT molecular complexity index is 789. The van der Waals surface area contributed by atoms with E-state index in [9.17, 15) is 4.79 Å². The van der Waals surface area contributed by atoms with E-state index < -0.39 is 0 Å². The summed E-state index contributed by atoms with van der Waals surface area (Å²) in [6.07, 6.45) is 3.38. The topological polar surface area (TPSA) is 76.1 Å². The average molecular weight is 314 g/mol. The second kappa shape index (κ2) is 6.40. The molecule has 0 fully saturated rings. The molecule has 2 amide bonds. The van der Waals surface area contributed by atoms with Crippen molar-refractivity contribution in [3.63, 3.8) is 0 Å². The first kappa shape index (κ1) is 14.3. The second-order valence-electron chi connectivity index (χ2n) is 4.52. The molecule has 7 heteroatoms. The predicted octanol–water partition coefficient (Wildman–Crippen LogP) is 3.02. The lowest BCUT2D eigenvalue weighted by Crippen LogP contribution is -2.28. The maximum Gasteiger partial charge on any atom is 0.321 e. The first-order valence-corrected chi connectivity index (χ1v) is 7.44. The van der Waals surface area contributed by atoms with Gasteiger partial charge in [0.2, 0.25) is 0 Å². The Morgan fingerprint density at radius 1 is 1.27 bits per heavy atom. The molecule has 0 aliphatic carbocycles. The number of pyridine rings is 1. The minimum absolute atomic E-state index is 0.289. The minimum atomic E-state index is -0.289. The third kappa shape index (κ3) is 3.32. The highest BCUT2D eigenvalue weighted by atomic mass is 32.1. The molecule has 0 unspecified atom stereocenters. The number of amides is 2. The van der Waals surface area contributed by atoms with Crippen LogP contribution in [0.4, 0.5) is 9.93 Å². The van der Waals surface area contributed by atoms with Gasteiger partial charge >= 0.3 is 6.03 Å². The molecular formula is C15H14N4O2S. The summed E-state index contributed by atoms with van der Waals surface area (Å²) in [5, 5.41) is 6.07. The largest absolute Gasteiger partial charge is 0.497 e. The highest BCUT2D eigenvalue weighted by molar-refractivity contribution is 7.22. The van der Waals surface area contributed by atoms with Crippen molar-refractivity contribution in [3.8, 4) is 5.75 Å². The van der Waals surface area contributed by atoms with Crippen LogP contribution in [0.15, 0.2) is 42.7 Å². The number of aromatic nitrogens is 2. The number of hydrogen-bond donors (Lipinski definition) is 2. The molecule has 2 aromatic heterocycles. The van der Waals surface area contributed by atoms with Crippen LogP contribution >= 0.6 is 11.3 Å². The molecule has 3 rings (SSSR count). The average Bonchev–Trinajstić information content (AvgIpc) is 2.95. The van der Waals surface area contributed by atoms with E-state index in [2.05, 4.69) is 20.6 Å². The summed E-state index contributed by atoms with van der Waals surface area (Å²) < 4.78 is 6.14.